The van der Waals surface area contributed by atoms with E-state index in [0.717, 1.165) is 29.7 Å². The monoisotopic (exact) mass is 374 g/mol. The first-order valence-electron chi connectivity index (χ1n) is 8.54. The van der Waals surface area contributed by atoms with Crippen molar-refractivity contribution in [3.8, 4) is 0 Å². The molecule has 5 nitrogen and oxygen atoms in total. The van der Waals surface area contributed by atoms with Gasteiger partial charge in [-0.1, -0.05) is 6.42 Å². The third-order valence-electron chi connectivity index (χ3n) is 5.80. The highest BCUT2D eigenvalue weighted by atomic mass is 32.1. The van der Waals surface area contributed by atoms with Gasteiger partial charge in [0.1, 0.15) is 5.01 Å². The Bertz CT molecular complexity index is 671. The maximum absolute atomic E-state index is 12.6. The lowest BCUT2D eigenvalue weighted by atomic mass is 9.46. The molecule has 1 aromatic rings. The quantitative estimate of drug-likeness (QED) is 0.631. The van der Waals surface area contributed by atoms with E-state index in [0.29, 0.717) is 29.0 Å². The highest BCUT2D eigenvalue weighted by molar-refractivity contribution is 7.09. The van der Waals surface area contributed by atoms with Crippen LogP contribution in [0.3, 0.4) is 0 Å². The predicted molar refractivity (Wildman–Crippen MR) is 88.4 cm³/mol. The van der Waals surface area contributed by atoms with Gasteiger partial charge in [0.2, 0.25) is 0 Å². The molecule has 3 aliphatic rings. The van der Waals surface area contributed by atoms with Gasteiger partial charge in [-0.3, -0.25) is 4.99 Å². The predicted octanol–water partition coefficient (Wildman–Crippen LogP) is 2.78. The molecular weight excluding hydrogens is 353 g/mol. The van der Waals surface area contributed by atoms with E-state index in [1.165, 1.54) is 19.3 Å². The number of hydrogen-bond acceptors (Lipinski definition) is 4. The molecule has 3 unspecified atom stereocenters. The van der Waals surface area contributed by atoms with Crippen LogP contribution in [0.4, 0.5) is 13.2 Å². The number of aromatic nitrogens is 1. The fourth-order valence-electron chi connectivity index (χ4n) is 4.48. The zero-order valence-electron chi connectivity index (χ0n) is 13.9. The van der Waals surface area contributed by atoms with Crippen molar-refractivity contribution in [2.24, 2.45) is 16.3 Å². The van der Waals surface area contributed by atoms with Crippen molar-refractivity contribution in [2.45, 2.75) is 50.6 Å². The number of guanidine groups is 1. The Morgan fingerprint density at radius 2 is 2.28 bits per heavy atom. The van der Waals surface area contributed by atoms with Gasteiger partial charge in [-0.15, -0.1) is 11.3 Å². The molecule has 25 heavy (non-hydrogen) atoms. The first-order chi connectivity index (χ1) is 11.9. The van der Waals surface area contributed by atoms with Crippen LogP contribution in [0.2, 0.25) is 0 Å². The van der Waals surface area contributed by atoms with Crippen molar-refractivity contribution in [2.75, 3.05) is 13.7 Å². The second-order valence-electron chi connectivity index (χ2n) is 7.00. The van der Waals surface area contributed by atoms with Gasteiger partial charge in [-0.05, 0) is 19.3 Å². The van der Waals surface area contributed by atoms with Crippen LogP contribution in [-0.2, 0) is 17.5 Å². The van der Waals surface area contributed by atoms with Gasteiger partial charge in [-0.2, -0.15) is 13.2 Å². The first kappa shape index (κ1) is 17.1. The number of hydrogen-bond donors (Lipinski definition) is 2. The minimum absolute atomic E-state index is 0.226. The number of halogens is 3. The van der Waals surface area contributed by atoms with E-state index in [9.17, 15) is 13.2 Å². The number of ether oxygens (including phenoxy) is 1. The summed E-state index contributed by atoms with van der Waals surface area (Å²) >= 11 is 1.00. The van der Waals surface area contributed by atoms with Crippen LogP contribution in [0, 0.1) is 11.3 Å². The SMILES string of the molecule is CN=C(NCc1nc(C(F)(F)F)cs1)NC1C2CCOC2C12CCC2. The molecule has 1 saturated heterocycles. The number of alkyl halides is 3. The van der Waals surface area contributed by atoms with Gasteiger partial charge in [0, 0.05) is 36.4 Å². The number of thiazole rings is 1. The molecule has 2 heterocycles. The summed E-state index contributed by atoms with van der Waals surface area (Å²) in [5.74, 6) is 1.13. The van der Waals surface area contributed by atoms with Gasteiger partial charge >= 0.3 is 6.18 Å². The van der Waals surface area contributed by atoms with Crippen LogP contribution in [0.1, 0.15) is 36.4 Å². The van der Waals surface area contributed by atoms with Crippen molar-refractivity contribution in [3.63, 3.8) is 0 Å². The molecule has 138 valence electrons. The van der Waals surface area contributed by atoms with Gasteiger partial charge in [0.05, 0.1) is 12.6 Å². The second-order valence-corrected chi connectivity index (χ2v) is 7.95. The Morgan fingerprint density at radius 1 is 1.48 bits per heavy atom. The average molecular weight is 374 g/mol. The molecule has 0 amide bonds. The molecule has 3 fully saturated rings. The standard InChI is InChI=1S/C16H21F3N4OS/c1-20-14(21-7-11-22-10(8-25-11)16(17,18)19)23-12-9-3-6-24-13(9)15(12)4-2-5-15/h8-9,12-13H,2-7H2,1H3,(H2,20,21,23). The minimum Gasteiger partial charge on any atom is -0.377 e. The zero-order chi connectivity index (χ0) is 17.7. The van der Waals surface area contributed by atoms with Crippen LogP contribution >= 0.6 is 11.3 Å². The molecule has 1 aromatic heterocycles. The lowest BCUT2D eigenvalue weighted by Gasteiger charge is -2.63. The molecular formula is C16H21F3N4OS. The zero-order valence-corrected chi connectivity index (χ0v) is 14.7. The van der Waals surface area contributed by atoms with E-state index in [1.807, 2.05) is 0 Å². The Balaban J connectivity index is 1.36. The Kier molecular flexibility index (Phi) is 4.18. The first-order valence-corrected chi connectivity index (χ1v) is 9.42. The number of nitrogens with zero attached hydrogens (tertiary/aromatic N) is 2. The molecule has 1 aliphatic heterocycles. The van der Waals surface area contributed by atoms with Crippen molar-refractivity contribution in [3.05, 3.63) is 16.1 Å². The topological polar surface area (TPSA) is 58.5 Å². The molecule has 1 spiro atoms. The van der Waals surface area contributed by atoms with Gasteiger partial charge in [0.25, 0.3) is 0 Å². The summed E-state index contributed by atoms with van der Waals surface area (Å²) in [7, 11) is 1.67. The van der Waals surface area contributed by atoms with Crippen molar-refractivity contribution in [1.29, 1.82) is 0 Å². The summed E-state index contributed by atoms with van der Waals surface area (Å²) in [6.45, 7) is 1.05. The maximum atomic E-state index is 12.6. The smallest absolute Gasteiger partial charge is 0.377 e. The van der Waals surface area contributed by atoms with E-state index in [-0.39, 0.29) is 12.0 Å². The normalized spacial score (nSPS) is 30.6. The van der Waals surface area contributed by atoms with Crippen molar-refractivity contribution >= 4 is 17.3 Å². The number of nitrogens with one attached hydrogen (secondary N) is 2. The summed E-state index contributed by atoms with van der Waals surface area (Å²) in [4.78, 5) is 7.87. The van der Waals surface area contributed by atoms with E-state index in [2.05, 4.69) is 20.6 Å². The summed E-state index contributed by atoms with van der Waals surface area (Å²) < 4.78 is 43.8. The number of aliphatic imine (C=N–C) groups is 1. The average Bonchev–Trinajstić information content (AvgIpc) is 3.13. The van der Waals surface area contributed by atoms with Gasteiger partial charge in [0.15, 0.2) is 11.7 Å². The fourth-order valence-corrected chi connectivity index (χ4v) is 5.22. The third kappa shape index (κ3) is 2.81. The van der Waals surface area contributed by atoms with E-state index in [4.69, 9.17) is 4.74 Å². The van der Waals surface area contributed by atoms with Crippen molar-refractivity contribution < 1.29 is 17.9 Å². The Morgan fingerprint density at radius 3 is 2.88 bits per heavy atom. The van der Waals surface area contributed by atoms with Crippen LogP contribution in [-0.4, -0.2) is 36.7 Å². The highest BCUT2D eigenvalue weighted by Crippen LogP contribution is 2.62. The molecule has 0 aromatic carbocycles. The van der Waals surface area contributed by atoms with Crippen LogP contribution in [0.15, 0.2) is 10.4 Å². The van der Waals surface area contributed by atoms with E-state index >= 15 is 0 Å². The Hall–Kier alpha value is -1.35. The van der Waals surface area contributed by atoms with Crippen LogP contribution in [0.5, 0.6) is 0 Å². The maximum Gasteiger partial charge on any atom is 0.434 e. The van der Waals surface area contributed by atoms with E-state index < -0.39 is 11.9 Å². The number of fused-ring (bicyclic) bond motifs is 2. The second kappa shape index (κ2) is 6.12. The molecule has 3 atom stereocenters. The van der Waals surface area contributed by atoms with Gasteiger partial charge < -0.3 is 15.4 Å². The summed E-state index contributed by atoms with van der Waals surface area (Å²) in [5, 5.41) is 8.02. The summed E-state index contributed by atoms with van der Waals surface area (Å²) in [5.41, 5.74) is -0.612. The number of rotatable bonds is 3. The molecule has 9 heteroatoms. The third-order valence-corrected chi connectivity index (χ3v) is 6.65. The molecule has 4 rings (SSSR count). The van der Waals surface area contributed by atoms with Crippen LogP contribution < -0.4 is 10.6 Å². The lowest BCUT2D eigenvalue weighted by Crippen LogP contribution is -2.72. The Labute approximate surface area is 148 Å². The van der Waals surface area contributed by atoms with Crippen LogP contribution in [0.25, 0.3) is 0 Å². The molecule has 2 saturated carbocycles. The summed E-state index contributed by atoms with van der Waals surface area (Å²) in [6.07, 6.45) is 0.604. The molecule has 2 aliphatic carbocycles. The minimum atomic E-state index is -4.39. The largest absolute Gasteiger partial charge is 0.434 e. The molecule has 0 radical (unpaired) electrons. The fraction of sp³-hybridized carbons (Fsp3) is 0.750. The summed E-state index contributed by atoms with van der Waals surface area (Å²) in [6, 6.07) is 0.335. The van der Waals surface area contributed by atoms with Gasteiger partial charge in [-0.25, -0.2) is 4.98 Å². The lowest BCUT2D eigenvalue weighted by molar-refractivity contribution is -0.171. The van der Waals surface area contributed by atoms with E-state index in [1.54, 1.807) is 7.05 Å². The molecule has 2 N–H and O–H groups in total. The molecule has 0 bridgehead atoms. The van der Waals surface area contributed by atoms with Crippen molar-refractivity contribution in [1.82, 2.24) is 15.6 Å². The highest BCUT2D eigenvalue weighted by Gasteiger charge is 2.66.